The minimum atomic E-state index is 0.311. The molecule has 2 aliphatic rings. The molecule has 3 heterocycles. The maximum Gasteiger partial charge on any atom is 0.168 e. The summed E-state index contributed by atoms with van der Waals surface area (Å²) in [5, 5.41) is 14.9. The third-order valence-electron chi connectivity index (χ3n) is 6.07. The zero-order valence-electron chi connectivity index (χ0n) is 16.6. The van der Waals surface area contributed by atoms with Gasteiger partial charge in [-0.3, -0.25) is 9.80 Å². The molecule has 0 bridgehead atoms. The van der Waals surface area contributed by atoms with Gasteiger partial charge >= 0.3 is 0 Å². The van der Waals surface area contributed by atoms with E-state index >= 15 is 0 Å². The third-order valence-corrected chi connectivity index (χ3v) is 6.93. The second kappa shape index (κ2) is 8.80. The van der Waals surface area contributed by atoms with Crippen molar-refractivity contribution in [1.29, 1.82) is 0 Å². The molecular formula is C20H32N6S. The van der Waals surface area contributed by atoms with E-state index in [0.717, 1.165) is 37.9 Å². The van der Waals surface area contributed by atoms with Gasteiger partial charge in [-0.05, 0) is 47.1 Å². The quantitative estimate of drug-likeness (QED) is 0.727. The summed E-state index contributed by atoms with van der Waals surface area (Å²) in [6.07, 6.45) is 6.73. The molecule has 1 aliphatic carbocycles. The molecule has 1 saturated heterocycles. The largest absolute Gasteiger partial charge is 0.298 e. The molecule has 2 aromatic rings. The first-order valence-electron chi connectivity index (χ1n) is 10.5. The Bertz CT molecular complexity index is 683. The Morgan fingerprint density at radius 2 is 1.93 bits per heavy atom. The number of piperazine rings is 1. The minimum absolute atomic E-state index is 0.311. The lowest BCUT2D eigenvalue weighted by atomic mass is 10.0. The van der Waals surface area contributed by atoms with Crippen LogP contribution in [-0.4, -0.2) is 62.2 Å². The molecule has 2 fully saturated rings. The molecule has 0 unspecified atom stereocenters. The minimum Gasteiger partial charge on any atom is -0.298 e. The van der Waals surface area contributed by atoms with Gasteiger partial charge in [0.25, 0.3) is 0 Å². The van der Waals surface area contributed by atoms with Crippen LogP contribution < -0.4 is 0 Å². The fourth-order valence-corrected chi connectivity index (χ4v) is 5.35. The van der Waals surface area contributed by atoms with Crippen LogP contribution >= 0.6 is 11.3 Å². The van der Waals surface area contributed by atoms with Crippen LogP contribution in [0.2, 0.25) is 0 Å². The maximum absolute atomic E-state index is 4.47. The topological polar surface area (TPSA) is 50.1 Å². The average Bonchev–Trinajstić information content (AvgIpc) is 3.43. The number of hydrogen-bond acceptors (Lipinski definition) is 6. The van der Waals surface area contributed by atoms with Crippen molar-refractivity contribution in [2.75, 3.05) is 26.2 Å². The molecule has 1 saturated carbocycles. The van der Waals surface area contributed by atoms with Gasteiger partial charge in [0.15, 0.2) is 5.82 Å². The van der Waals surface area contributed by atoms with Crippen molar-refractivity contribution in [3.05, 3.63) is 28.2 Å². The molecule has 1 atom stereocenters. The number of thiophene rings is 1. The lowest BCUT2D eigenvalue weighted by molar-refractivity contribution is 0.0588. The molecule has 0 amide bonds. The summed E-state index contributed by atoms with van der Waals surface area (Å²) in [4.78, 5) is 6.66. The summed E-state index contributed by atoms with van der Waals surface area (Å²) in [7, 11) is 0. The van der Waals surface area contributed by atoms with Crippen LogP contribution in [-0.2, 0) is 6.54 Å². The molecule has 7 heteroatoms. The zero-order chi connectivity index (χ0) is 18.6. The average molecular weight is 389 g/mol. The standard InChI is InChI=1S/C20H32N6S/c1-16(2)14-19(20-21-22-23-26(20)15-18-8-5-13-27-18)25-11-9-24(10-12-25)17-6-3-4-7-17/h5,8,13,16-17,19H,3-4,6-7,9-12,14-15H2,1-2H3/t19-/m1/s1. The van der Waals surface area contributed by atoms with Crippen LogP contribution in [0.3, 0.4) is 0 Å². The van der Waals surface area contributed by atoms with Crippen LogP contribution in [0.4, 0.5) is 0 Å². The molecule has 2 aromatic heterocycles. The van der Waals surface area contributed by atoms with Gasteiger partial charge in [0.05, 0.1) is 12.6 Å². The lowest BCUT2D eigenvalue weighted by Gasteiger charge is -2.41. The third kappa shape index (κ3) is 4.58. The first-order chi connectivity index (χ1) is 13.2. The van der Waals surface area contributed by atoms with E-state index in [-0.39, 0.29) is 0 Å². The van der Waals surface area contributed by atoms with E-state index in [1.165, 1.54) is 43.6 Å². The normalized spacial score (nSPS) is 21.3. The van der Waals surface area contributed by atoms with Crippen molar-refractivity contribution in [3.8, 4) is 0 Å². The molecule has 0 aromatic carbocycles. The summed E-state index contributed by atoms with van der Waals surface area (Å²) in [6.45, 7) is 10.00. The van der Waals surface area contributed by atoms with Crippen molar-refractivity contribution >= 4 is 11.3 Å². The first-order valence-corrected chi connectivity index (χ1v) is 11.3. The smallest absolute Gasteiger partial charge is 0.168 e. The summed E-state index contributed by atoms with van der Waals surface area (Å²) in [5.41, 5.74) is 0. The molecule has 0 radical (unpaired) electrons. The summed E-state index contributed by atoms with van der Waals surface area (Å²) in [5.74, 6) is 1.65. The summed E-state index contributed by atoms with van der Waals surface area (Å²) < 4.78 is 2.02. The van der Waals surface area contributed by atoms with Gasteiger partial charge in [0.2, 0.25) is 0 Å². The molecule has 4 rings (SSSR count). The van der Waals surface area contributed by atoms with Crippen LogP contribution in [0.5, 0.6) is 0 Å². The van der Waals surface area contributed by atoms with Crippen LogP contribution in [0.1, 0.15) is 62.7 Å². The first kappa shape index (κ1) is 19.0. The fourth-order valence-electron chi connectivity index (χ4n) is 4.66. The van der Waals surface area contributed by atoms with Crippen LogP contribution in [0, 0.1) is 5.92 Å². The Balaban J connectivity index is 1.46. The molecular weight excluding hydrogens is 356 g/mol. The molecule has 27 heavy (non-hydrogen) atoms. The fraction of sp³-hybridized carbons (Fsp3) is 0.750. The second-order valence-electron chi connectivity index (χ2n) is 8.43. The summed E-state index contributed by atoms with van der Waals surface area (Å²) >= 11 is 1.77. The van der Waals surface area contributed by atoms with E-state index in [1.54, 1.807) is 11.3 Å². The highest BCUT2D eigenvalue weighted by Gasteiger charge is 2.32. The summed E-state index contributed by atoms with van der Waals surface area (Å²) in [6, 6.07) is 5.40. The van der Waals surface area contributed by atoms with Crippen molar-refractivity contribution in [2.45, 2.75) is 64.6 Å². The van der Waals surface area contributed by atoms with Crippen molar-refractivity contribution in [1.82, 2.24) is 30.0 Å². The van der Waals surface area contributed by atoms with E-state index in [1.807, 2.05) is 4.68 Å². The van der Waals surface area contributed by atoms with Gasteiger partial charge in [-0.2, -0.15) is 0 Å². The number of hydrogen-bond donors (Lipinski definition) is 0. The number of nitrogens with zero attached hydrogens (tertiary/aromatic N) is 6. The SMILES string of the molecule is CC(C)C[C@H](c1nnnn1Cc1cccs1)N1CCN(C2CCCC2)CC1. The van der Waals surface area contributed by atoms with Crippen molar-refractivity contribution in [2.24, 2.45) is 5.92 Å². The maximum atomic E-state index is 4.47. The van der Waals surface area contributed by atoms with Crippen molar-refractivity contribution < 1.29 is 0 Å². The van der Waals surface area contributed by atoms with Crippen LogP contribution in [0.25, 0.3) is 0 Å². The Morgan fingerprint density at radius 1 is 1.15 bits per heavy atom. The van der Waals surface area contributed by atoms with E-state index in [4.69, 9.17) is 0 Å². The number of aromatic nitrogens is 4. The van der Waals surface area contributed by atoms with Crippen LogP contribution in [0.15, 0.2) is 17.5 Å². The highest BCUT2D eigenvalue weighted by Crippen LogP contribution is 2.30. The Labute approximate surface area is 166 Å². The highest BCUT2D eigenvalue weighted by atomic mass is 32.1. The molecule has 1 aliphatic heterocycles. The second-order valence-corrected chi connectivity index (χ2v) is 9.46. The van der Waals surface area contributed by atoms with Gasteiger partial charge < -0.3 is 0 Å². The highest BCUT2D eigenvalue weighted by molar-refractivity contribution is 7.09. The van der Waals surface area contributed by atoms with Gasteiger partial charge in [-0.25, -0.2) is 4.68 Å². The number of tetrazole rings is 1. The van der Waals surface area contributed by atoms with Gasteiger partial charge in [-0.15, -0.1) is 16.4 Å². The molecule has 0 N–H and O–H groups in total. The predicted octanol–water partition coefficient (Wildman–Crippen LogP) is 3.43. The van der Waals surface area contributed by atoms with Gasteiger partial charge in [-0.1, -0.05) is 32.8 Å². The lowest BCUT2D eigenvalue weighted by Crippen LogP contribution is -2.51. The van der Waals surface area contributed by atoms with Gasteiger partial charge in [0, 0.05) is 37.1 Å². The monoisotopic (exact) mass is 388 g/mol. The van der Waals surface area contributed by atoms with E-state index in [0.29, 0.717) is 12.0 Å². The zero-order valence-corrected chi connectivity index (χ0v) is 17.4. The van der Waals surface area contributed by atoms with Crippen molar-refractivity contribution in [3.63, 3.8) is 0 Å². The molecule has 148 valence electrons. The Hall–Kier alpha value is -1.31. The molecule has 6 nitrogen and oxygen atoms in total. The Kier molecular flexibility index (Phi) is 6.20. The van der Waals surface area contributed by atoms with E-state index < -0.39 is 0 Å². The van der Waals surface area contributed by atoms with E-state index in [9.17, 15) is 0 Å². The van der Waals surface area contributed by atoms with Gasteiger partial charge in [0.1, 0.15) is 0 Å². The Morgan fingerprint density at radius 3 is 2.59 bits per heavy atom. The predicted molar refractivity (Wildman–Crippen MR) is 109 cm³/mol. The number of rotatable bonds is 7. The van der Waals surface area contributed by atoms with E-state index in [2.05, 4.69) is 56.7 Å². The molecule has 0 spiro atoms.